The van der Waals surface area contributed by atoms with E-state index < -0.39 is 12.8 Å². The number of ether oxygens (including phenoxy) is 1. The van der Waals surface area contributed by atoms with Crippen LogP contribution in [-0.2, 0) is 0 Å². The maximum Gasteiger partial charge on any atom is 0.422 e. The summed E-state index contributed by atoms with van der Waals surface area (Å²) < 4.78 is 40.8. The summed E-state index contributed by atoms with van der Waals surface area (Å²) in [4.78, 5) is 0. The van der Waals surface area contributed by atoms with Crippen LogP contribution in [0.3, 0.4) is 0 Å². The normalized spacial score (nSPS) is 16.2. The van der Waals surface area contributed by atoms with Gasteiger partial charge in [-0.25, -0.2) is 0 Å². The van der Waals surface area contributed by atoms with Crippen molar-refractivity contribution >= 4 is 5.69 Å². The van der Waals surface area contributed by atoms with E-state index in [1.165, 1.54) is 6.07 Å². The van der Waals surface area contributed by atoms with Crippen molar-refractivity contribution in [2.45, 2.75) is 24.9 Å². The van der Waals surface area contributed by atoms with Crippen molar-refractivity contribution in [2.24, 2.45) is 0 Å². The highest BCUT2D eigenvalue weighted by Crippen LogP contribution is 2.45. The molecule has 1 fully saturated rings. The Labute approximate surface area is 91.2 Å². The number of benzene rings is 1. The molecule has 0 radical (unpaired) electrons. The quantitative estimate of drug-likeness (QED) is 0.811. The smallest absolute Gasteiger partial charge is 0.422 e. The second kappa shape index (κ2) is 3.88. The van der Waals surface area contributed by atoms with Crippen LogP contribution in [0.1, 0.15) is 24.3 Å². The van der Waals surface area contributed by atoms with E-state index in [1.807, 2.05) is 0 Å². The number of rotatable bonds is 3. The Hall–Kier alpha value is -1.39. The van der Waals surface area contributed by atoms with Gasteiger partial charge in [-0.1, -0.05) is 0 Å². The number of anilines is 1. The van der Waals surface area contributed by atoms with Crippen LogP contribution >= 0.6 is 0 Å². The van der Waals surface area contributed by atoms with Crippen molar-refractivity contribution in [3.05, 3.63) is 23.8 Å². The van der Waals surface area contributed by atoms with Crippen molar-refractivity contribution in [3.8, 4) is 5.75 Å². The summed E-state index contributed by atoms with van der Waals surface area (Å²) in [6, 6.07) is 4.76. The van der Waals surface area contributed by atoms with Crippen LogP contribution < -0.4 is 10.5 Å². The lowest BCUT2D eigenvalue weighted by atomic mass is 10.1. The third kappa shape index (κ3) is 2.81. The zero-order valence-electron chi connectivity index (χ0n) is 8.55. The Morgan fingerprint density at radius 3 is 2.56 bits per heavy atom. The standard InChI is InChI=1S/C11H12F3NO/c12-11(13,14)6-16-10-4-3-8(15)5-9(10)7-1-2-7/h3-5,7H,1-2,6,15H2. The molecule has 0 amide bonds. The molecule has 0 unspecified atom stereocenters. The number of hydrogen-bond donors (Lipinski definition) is 1. The Kier molecular flexibility index (Phi) is 2.69. The molecule has 1 saturated carbocycles. The Balaban J connectivity index is 2.13. The molecule has 1 aromatic rings. The van der Waals surface area contributed by atoms with Gasteiger partial charge < -0.3 is 10.5 Å². The van der Waals surface area contributed by atoms with Crippen LogP contribution in [0.4, 0.5) is 18.9 Å². The monoisotopic (exact) mass is 231 g/mol. The van der Waals surface area contributed by atoms with Gasteiger partial charge in [-0.3, -0.25) is 0 Å². The third-order valence-electron chi connectivity index (χ3n) is 2.44. The Morgan fingerprint density at radius 2 is 2.00 bits per heavy atom. The highest BCUT2D eigenvalue weighted by Gasteiger charge is 2.31. The molecule has 1 aromatic carbocycles. The van der Waals surface area contributed by atoms with Crippen molar-refractivity contribution in [2.75, 3.05) is 12.3 Å². The van der Waals surface area contributed by atoms with Gasteiger partial charge in [-0.15, -0.1) is 0 Å². The van der Waals surface area contributed by atoms with Gasteiger partial charge in [0, 0.05) is 5.69 Å². The van der Waals surface area contributed by atoms with E-state index >= 15 is 0 Å². The Morgan fingerprint density at radius 1 is 1.31 bits per heavy atom. The summed E-state index contributed by atoms with van der Waals surface area (Å²) in [7, 11) is 0. The molecule has 2 nitrogen and oxygen atoms in total. The minimum atomic E-state index is -4.30. The fourth-order valence-corrected chi connectivity index (χ4v) is 1.57. The number of hydrogen-bond acceptors (Lipinski definition) is 2. The van der Waals surface area contributed by atoms with Gasteiger partial charge >= 0.3 is 6.18 Å². The number of nitrogens with two attached hydrogens (primary N) is 1. The van der Waals surface area contributed by atoms with Gasteiger partial charge in [-0.2, -0.15) is 13.2 Å². The van der Waals surface area contributed by atoms with Crippen LogP contribution in [0.2, 0.25) is 0 Å². The molecule has 16 heavy (non-hydrogen) atoms. The highest BCUT2D eigenvalue weighted by molar-refractivity contribution is 5.50. The first-order valence-corrected chi connectivity index (χ1v) is 5.05. The average Bonchev–Trinajstić information content (AvgIpc) is 2.97. The van der Waals surface area contributed by atoms with Gasteiger partial charge in [0.25, 0.3) is 0 Å². The molecule has 1 aliphatic rings. The summed E-state index contributed by atoms with van der Waals surface area (Å²) >= 11 is 0. The van der Waals surface area contributed by atoms with Crippen LogP contribution in [0.25, 0.3) is 0 Å². The molecule has 5 heteroatoms. The second-order valence-corrected chi connectivity index (χ2v) is 3.98. The van der Waals surface area contributed by atoms with Crippen molar-refractivity contribution in [1.82, 2.24) is 0 Å². The lowest BCUT2D eigenvalue weighted by molar-refractivity contribution is -0.153. The van der Waals surface area contributed by atoms with Crippen LogP contribution in [0.15, 0.2) is 18.2 Å². The summed E-state index contributed by atoms with van der Waals surface area (Å²) in [5, 5.41) is 0. The molecule has 0 aromatic heterocycles. The van der Waals surface area contributed by atoms with E-state index in [0.29, 0.717) is 17.4 Å². The minimum Gasteiger partial charge on any atom is -0.484 e. The van der Waals surface area contributed by atoms with Gasteiger partial charge in [0.1, 0.15) is 5.75 Å². The highest BCUT2D eigenvalue weighted by atomic mass is 19.4. The summed E-state index contributed by atoms with van der Waals surface area (Å²) in [6.45, 7) is -1.25. The van der Waals surface area contributed by atoms with Gasteiger partial charge in [0.05, 0.1) is 0 Å². The van der Waals surface area contributed by atoms with Gasteiger partial charge in [0.15, 0.2) is 6.61 Å². The van der Waals surface area contributed by atoms with Gasteiger partial charge in [-0.05, 0) is 42.5 Å². The minimum absolute atomic E-state index is 0.300. The molecule has 0 bridgehead atoms. The van der Waals surface area contributed by atoms with E-state index in [1.54, 1.807) is 12.1 Å². The van der Waals surface area contributed by atoms with E-state index in [9.17, 15) is 13.2 Å². The predicted molar refractivity (Wildman–Crippen MR) is 54.4 cm³/mol. The third-order valence-corrected chi connectivity index (χ3v) is 2.44. The van der Waals surface area contributed by atoms with Crippen molar-refractivity contribution < 1.29 is 17.9 Å². The maximum atomic E-state index is 12.0. The predicted octanol–water partition coefficient (Wildman–Crippen LogP) is 3.09. The van der Waals surface area contributed by atoms with Crippen molar-refractivity contribution in [3.63, 3.8) is 0 Å². The fraction of sp³-hybridized carbons (Fsp3) is 0.455. The van der Waals surface area contributed by atoms with E-state index in [2.05, 4.69) is 0 Å². The van der Waals surface area contributed by atoms with Crippen LogP contribution in [0.5, 0.6) is 5.75 Å². The molecule has 1 aliphatic carbocycles. The summed E-state index contributed by atoms with van der Waals surface area (Å²) in [6.07, 6.45) is -2.32. The van der Waals surface area contributed by atoms with E-state index in [4.69, 9.17) is 10.5 Å². The van der Waals surface area contributed by atoms with Crippen molar-refractivity contribution in [1.29, 1.82) is 0 Å². The molecular weight excluding hydrogens is 219 g/mol. The first-order chi connectivity index (χ1) is 7.46. The zero-order chi connectivity index (χ0) is 11.8. The van der Waals surface area contributed by atoms with E-state index in [-0.39, 0.29) is 0 Å². The molecule has 0 heterocycles. The molecule has 0 aliphatic heterocycles. The first-order valence-electron chi connectivity index (χ1n) is 5.05. The SMILES string of the molecule is Nc1ccc(OCC(F)(F)F)c(C2CC2)c1. The lowest BCUT2D eigenvalue weighted by Crippen LogP contribution is -2.19. The maximum absolute atomic E-state index is 12.0. The lowest BCUT2D eigenvalue weighted by Gasteiger charge is -2.13. The summed E-state index contributed by atoms with van der Waals surface area (Å²) in [5.74, 6) is 0.612. The number of alkyl halides is 3. The van der Waals surface area contributed by atoms with Gasteiger partial charge in [0.2, 0.25) is 0 Å². The number of halogens is 3. The summed E-state index contributed by atoms with van der Waals surface area (Å²) in [5.41, 5.74) is 6.95. The average molecular weight is 231 g/mol. The Bertz CT molecular complexity index is 385. The van der Waals surface area contributed by atoms with E-state index in [0.717, 1.165) is 18.4 Å². The molecule has 0 spiro atoms. The topological polar surface area (TPSA) is 35.2 Å². The molecule has 2 rings (SSSR count). The molecule has 0 saturated heterocycles. The second-order valence-electron chi connectivity index (χ2n) is 3.98. The van der Waals surface area contributed by atoms with Crippen LogP contribution in [-0.4, -0.2) is 12.8 Å². The van der Waals surface area contributed by atoms with Crippen LogP contribution in [0, 0.1) is 0 Å². The molecule has 0 atom stereocenters. The zero-order valence-corrected chi connectivity index (χ0v) is 8.55. The molecule has 2 N–H and O–H groups in total. The molecular formula is C11H12F3NO. The largest absolute Gasteiger partial charge is 0.484 e. The fourth-order valence-electron chi connectivity index (χ4n) is 1.57. The first kappa shape index (κ1) is 11.1. The number of nitrogen functional groups attached to an aromatic ring is 1. The molecule has 88 valence electrons.